The van der Waals surface area contributed by atoms with Crippen LogP contribution in [-0.4, -0.2) is 12.6 Å². The van der Waals surface area contributed by atoms with Gasteiger partial charge in [-0.15, -0.1) is 0 Å². The predicted octanol–water partition coefficient (Wildman–Crippen LogP) is 6.28. The maximum absolute atomic E-state index is 3.92. The molecule has 6 rings (SSSR count). The second kappa shape index (κ2) is 6.54. The van der Waals surface area contributed by atoms with Gasteiger partial charge < -0.3 is 5.32 Å². The van der Waals surface area contributed by atoms with E-state index in [1.807, 2.05) is 0 Å². The first-order valence-corrected chi connectivity index (χ1v) is 11.5. The minimum absolute atomic E-state index is 0.641. The third-order valence-electron chi connectivity index (χ3n) is 9.94. The number of hydrogen-bond donors (Lipinski definition) is 1. The van der Waals surface area contributed by atoms with Gasteiger partial charge in [0.1, 0.15) is 0 Å². The number of fused-ring (bicyclic) bond motifs is 4. The smallest absolute Gasteiger partial charge is 0.00388 e. The largest absolute Gasteiger partial charge is 0.314 e. The Hall–Kier alpha value is -0.0400. The molecular formula is C24H43N. The molecule has 0 aliphatic heterocycles. The normalized spacial score (nSPS) is 44.5. The molecule has 0 heterocycles. The van der Waals surface area contributed by atoms with Gasteiger partial charge in [-0.3, -0.25) is 0 Å². The molecule has 1 nitrogen and oxygen atoms in total. The summed E-state index contributed by atoms with van der Waals surface area (Å²) in [6, 6.07) is 0.714. The third kappa shape index (κ3) is 3.11. The van der Waals surface area contributed by atoms with Crippen LogP contribution in [0.2, 0.25) is 0 Å². The number of hydrogen-bond acceptors (Lipinski definition) is 1. The van der Waals surface area contributed by atoms with Gasteiger partial charge in [0.05, 0.1) is 0 Å². The van der Waals surface area contributed by atoms with Crippen LogP contribution in [0.15, 0.2) is 0 Å². The first-order chi connectivity index (χ1) is 11.8. The van der Waals surface area contributed by atoms with Gasteiger partial charge >= 0.3 is 0 Å². The van der Waals surface area contributed by atoms with Crippen molar-refractivity contribution in [3.63, 3.8) is 0 Å². The van der Waals surface area contributed by atoms with Crippen molar-refractivity contribution in [3.8, 4) is 0 Å². The van der Waals surface area contributed by atoms with E-state index in [9.17, 15) is 0 Å². The Kier molecular flexibility index (Phi) is 4.79. The summed E-state index contributed by atoms with van der Waals surface area (Å²) in [4.78, 5) is 0. The Morgan fingerprint density at radius 3 is 1.96 bits per heavy atom. The standard InChI is InChI=1S/C24H43N/c1-16(25-15-18-10-12-20-14-22(18)24(20,4)5)7-6-8-17-9-11-19-13-21(17)23(19,2)3/h16-22,25H,6-15H2,1-5H3/t16?,17-,18?,19?,20?,21+,22+/m1/s1. The zero-order chi connectivity index (χ0) is 17.8. The highest BCUT2D eigenvalue weighted by Crippen LogP contribution is 2.62. The summed E-state index contributed by atoms with van der Waals surface area (Å²) in [7, 11) is 0. The van der Waals surface area contributed by atoms with Gasteiger partial charge in [-0.2, -0.15) is 0 Å². The van der Waals surface area contributed by atoms with E-state index in [2.05, 4.69) is 39.9 Å². The molecule has 0 radical (unpaired) electrons. The molecule has 6 aliphatic carbocycles. The summed E-state index contributed by atoms with van der Waals surface area (Å²) in [5.41, 5.74) is 1.31. The van der Waals surface area contributed by atoms with Crippen molar-refractivity contribution >= 4 is 0 Å². The second-order valence-electron chi connectivity index (χ2n) is 11.6. The summed E-state index contributed by atoms with van der Waals surface area (Å²) < 4.78 is 0. The lowest BCUT2D eigenvalue weighted by molar-refractivity contribution is -0.107. The van der Waals surface area contributed by atoms with Crippen molar-refractivity contribution in [2.24, 2.45) is 46.3 Å². The van der Waals surface area contributed by atoms with Gasteiger partial charge in [-0.25, -0.2) is 0 Å². The average molecular weight is 346 g/mol. The molecule has 6 fully saturated rings. The SMILES string of the molecule is CC(CCC[C@@H]1CCC2C[C@@H]1C2(C)C)NCC1CCC2C[C@@H]1C2(C)C. The fourth-order valence-electron chi connectivity index (χ4n) is 7.66. The van der Waals surface area contributed by atoms with Crippen LogP contribution in [0, 0.1) is 46.3 Å². The molecule has 0 aromatic carbocycles. The van der Waals surface area contributed by atoms with Crippen LogP contribution in [0.1, 0.15) is 92.4 Å². The molecule has 6 aliphatic rings. The lowest BCUT2D eigenvalue weighted by atomic mass is 9.45. The van der Waals surface area contributed by atoms with Gasteiger partial charge in [0.2, 0.25) is 0 Å². The molecule has 0 spiro atoms. The van der Waals surface area contributed by atoms with Gasteiger partial charge in [0, 0.05) is 6.04 Å². The van der Waals surface area contributed by atoms with E-state index < -0.39 is 0 Å². The molecule has 4 bridgehead atoms. The third-order valence-corrected chi connectivity index (χ3v) is 9.94. The van der Waals surface area contributed by atoms with Crippen LogP contribution in [0.5, 0.6) is 0 Å². The molecule has 0 saturated heterocycles. The first-order valence-electron chi connectivity index (χ1n) is 11.5. The van der Waals surface area contributed by atoms with E-state index in [4.69, 9.17) is 0 Å². The minimum Gasteiger partial charge on any atom is -0.314 e. The lowest BCUT2D eigenvalue weighted by Gasteiger charge is -2.60. The summed E-state index contributed by atoms with van der Waals surface area (Å²) in [5.74, 6) is 6.14. The number of rotatable bonds is 7. The Morgan fingerprint density at radius 2 is 1.40 bits per heavy atom. The van der Waals surface area contributed by atoms with Crippen LogP contribution >= 0.6 is 0 Å². The average Bonchev–Trinajstić information content (AvgIpc) is 2.60. The monoisotopic (exact) mass is 345 g/mol. The van der Waals surface area contributed by atoms with E-state index in [0.29, 0.717) is 16.9 Å². The first kappa shape index (κ1) is 18.3. The van der Waals surface area contributed by atoms with Crippen LogP contribution in [0.25, 0.3) is 0 Å². The minimum atomic E-state index is 0.641. The molecule has 7 atom stereocenters. The van der Waals surface area contributed by atoms with E-state index >= 15 is 0 Å². The van der Waals surface area contributed by atoms with Crippen LogP contribution in [0.3, 0.4) is 0 Å². The molecule has 1 heteroatoms. The molecule has 0 aromatic rings. The zero-order valence-corrected chi connectivity index (χ0v) is 17.6. The van der Waals surface area contributed by atoms with Crippen LogP contribution < -0.4 is 5.32 Å². The van der Waals surface area contributed by atoms with Gasteiger partial charge in [-0.05, 0) is 105 Å². The summed E-state index contributed by atoms with van der Waals surface area (Å²) >= 11 is 0. The Bertz CT molecular complexity index is 474. The molecule has 25 heavy (non-hydrogen) atoms. The summed E-state index contributed by atoms with van der Waals surface area (Å²) in [6.45, 7) is 13.8. The predicted molar refractivity (Wildman–Crippen MR) is 108 cm³/mol. The van der Waals surface area contributed by atoms with Crippen molar-refractivity contribution in [3.05, 3.63) is 0 Å². The van der Waals surface area contributed by atoms with Gasteiger partial charge in [0.25, 0.3) is 0 Å². The molecule has 144 valence electrons. The summed E-state index contributed by atoms with van der Waals surface area (Å²) in [5, 5.41) is 3.92. The second-order valence-corrected chi connectivity index (χ2v) is 11.6. The van der Waals surface area contributed by atoms with E-state index in [1.54, 1.807) is 6.42 Å². The fraction of sp³-hybridized carbons (Fsp3) is 1.00. The van der Waals surface area contributed by atoms with Gasteiger partial charge in [0.15, 0.2) is 0 Å². The maximum atomic E-state index is 3.92. The highest BCUT2D eigenvalue weighted by Gasteiger charge is 2.54. The van der Waals surface area contributed by atoms with Gasteiger partial charge in [-0.1, -0.05) is 40.5 Å². The molecule has 0 amide bonds. The molecular weight excluding hydrogens is 302 g/mol. The Balaban J connectivity index is 1.15. The molecule has 0 aromatic heterocycles. The fourth-order valence-corrected chi connectivity index (χ4v) is 7.66. The zero-order valence-electron chi connectivity index (χ0n) is 17.6. The molecule has 4 unspecified atom stereocenters. The molecule has 6 saturated carbocycles. The Labute approximate surface area is 157 Å². The van der Waals surface area contributed by atoms with Crippen LogP contribution in [-0.2, 0) is 0 Å². The molecule has 1 N–H and O–H groups in total. The van der Waals surface area contributed by atoms with Crippen molar-refractivity contribution in [2.45, 2.75) is 98.4 Å². The van der Waals surface area contributed by atoms with E-state index in [0.717, 1.165) is 35.5 Å². The van der Waals surface area contributed by atoms with Crippen molar-refractivity contribution in [1.82, 2.24) is 5.32 Å². The highest BCUT2D eigenvalue weighted by molar-refractivity contribution is 5.04. The Morgan fingerprint density at radius 1 is 0.840 bits per heavy atom. The maximum Gasteiger partial charge on any atom is 0.00388 e. The highest BCUT2D eigenvalue weighted by atomic mass is 14.9. The number of nitrogens with one attached hydrogen (secondary N) is 1. The summed E-state index contributed by atoms with van der Waals surface area (Å²) in [6.07, 6.45) is 13.4. The van der Waals surface area contributed by atoms with E-state index in [1.165, 1.54) is 57.9 Å². The van der Waals surface area contributed by atoms with Crippen molar-refractivity contribution < 1.29 is 0 Å². The quantitative estimate of drug-likeness (QED) is 0.572. The lowest BCUT2D eigenvalue weighted by Crippen LogP contribution is -2.54. The van der Waals surface area contributed by atoms with E-state index in [-0.39, 0.29) is 0 Å². The topological polar surface area (TPSA) is 12.0 Å². The van der Waals surface area contributed by atoms with Crippen molar-refractivity contribution in [2.75, 3.05) is 6.54 Å². The van der Waals surface area contributed by atoms with Crippen LogP contribution in [0.4, 0.5) is 0 Å². The van der Waals surface area contributed by atoms with Crippen molar-refractivity contribution in [1.29, 1.82) is 0 Å².